The number of fused-ring (bicyclic) bond motifs is 3. The van der Waals surface area contributed by atoms with Crippen LogP contribution in [0.3, 0.4) is 0 Å². The third-order valence-corrected chi connectivity index (χ3v) is 16.6. The van der Waals surface area contributed by atoms with Crippen molar-refractivity contribution in [2.24, 2.45) is 49.7 Å². The Hall–Kier alpha value is -1.11. The molecule has 6 aliphatic carbocycles. The first-order chi connectivity index (χ1) is 22.0. The van der Waals surface area contributed by atoms with Crippen molar-refractivity contribution < 1.29 is 50.0 Å². The van der Waals surface area contributed by atoms with Crippen molar-refractivity contribution >= 4 is 5.97 Å². The fraction of sp³-hybridized carbons (Fsp3) is 0.919. The molecule has 15 atom stereocenters. The number of hydrogen-bond donors (Lipinski definition) is 7. The van der Waals surface area contributed by atoms with Gasteiger partial charge >= 0.3 is 5.97 Å². The molecule has 7 rings (SSSR count). The molecule has 1 aliphatic heterocycles. The average molecular weight is 663 g/mol. The molecule has 1 spiro atoms. The van der Waals surface area contributed by atoms with E-state index in [0.717, 1.165) is 51.4 Å². The molecule has 0 unspecified atom stereocenters. The van der Waals surface area contributed by atoms with E-state index in [1.54, 1.807) is 0 Å². The van der Waals surface area contributed by atoms with Crippen LogP contribution >= 0.6 is 0 Å². The van der Waals surface area contributed by atoms with E-state index in [0.29, 0.717) is 25.7 Å². The van der Waals surface area contributed by atoms with E-state index in [1.165, 1.54) is 5.57 Å². The minimum Gasteiger partial charge on any atom is -0.481 e. The summed E-state index contributed by atoms with van der Waals surface area (Å²) in [6, 6.07) is 0. The molecule has 2 bridgehead atoms. The van der Waals surface area contributed by atoms with Gasteiger partial charge in [-0.05, 0) is 110 Å². The maximum absolute atomic E-state index is 13.1. The number of carboxylic acid groups (broad SMARTS) is 1. The second kappa shape index (κ2) is 10.9. The summed E-state index contributed by atoms with van der Waals surface area (Å²) >= 11 is 0. The van der Waals surface area contributed by atoms with Gasteiger partial charge in [0.15, 0.2) is 6.29 Å². The van der Waals surface area contributed by atoms with Crippen LogP contribution in [0.2, 0.25) is 0 Å². The fourth-order valence-corrected chi connectivity index (χ4v) is 13.9. The Morgan fingerprint density at radius 1 is 0.894 bits per heavy atom. The maximum atomic E-state index is 13.1. The number of allylic oxidation sites excluding steroid dienone is 2. The minimum atomic E-state index is -1.49. The summed E-state index contributed by atoms with van der Waals surface area (Å²) in [7, 11) is 0. The summed E-state index contributed by atoms with van der Waals surface area (Å²) in [5.41, 5.74) is -1.50. The molecule has 1 saturated heterocycles. The number of carbonyl (C=O) groups is 1. The van der Waals surface area contributed by atoms with E-state index in [2.05, 4.69) is 26.8 Å². The highest BCUT2D eigenvalue weighted by atomic mass is 16.7. The van der Waals surface area contributed by atoms with E-state index < -0.39 is 53.6 Å². The third kappa shape index (κ3) is 4.16. The Morgan fingerprint density at radius 2 is 1.62 bits per heavy atom. The normalized spacial score (nSPS) is 57.1. The summed E-state index contributed by atoms with van der Waals surface area (Å²) < 4.78 is 11.9. The van der Waals surface area contributed by atoms with Gasteiger partial charge in [0.05, 0.1) is 30.8 Å². The maximum Gasteiger partial charge on any atom is 0.310 e. The van der Waals surface area contributed by atoms with E-state index in [9.17, 15) is 40.5 Å². The van der Waals surface area contributed by atoms with Crippen LogP contribution in [-0.2, 0) is 14.3 Å². The van der Waals surface area contributed by atoms with Crippen LogP contribution in [0.5, 0.6) is 0 Å². The van der Waals surface area contributed by atoms with E-state index >= 15 is 0 Å². The zero-order valence-corrected chi connectivity index (χ0v) is 28.7. The van der Waals surface area contributed by atoms with Crippen molar-refractivity contribution in [1.29, 1.82) is 0 Å². The number of aliphatic carboxylic acids is 1. The molecule has 10 heteroatoms. The van der Waals surface area contributed by atoms with Crippen molar-refractivity contribution in [1.82, 2.24) is 0 Å². The zero-order valence-electron chi connectivity index (χ0n) is 28.7. The first-order valence-electron chi connectivity index (χ1n) is 18.2. The Balaban J connectivity index is 1.29. The van der Waals surface area contributed by atoms with Crippen LogP contribution in [0.4, 0.5) is 0 Å². The standard InChI is InChI=1S/C37H58O10/c1-31(19-38)12-13-35(30(44)45)14-15-36-8-5-9-37(11-6-21(36)22(35)16-31)33(3)17-23(40)28(47-29-27(43)26(42)24(41)18-46-29)32(2,20-39)25(33)7-10-34(36,37)4/h6,22-29,38-43H,5,7-20H2,1-4H3,(H,44,45)/t22-,23+,24+,25+,26-,27+,28+,29-,31-,32-,33-,34-,35-,36+,37+/m0/s1. The molecule has 5 saturated carbocycles. The van der Waals surface area contributed by atoms with Gasteiger partial charge < -0.3 is 45.2 Å². The molecule has 7 aliphatic rings. The highest BCUT2D eigenvalue weighted by molar-refractivity contribution is 5.76. The molecule has 6 fully saturated rings. The molecule has 0 aromatic rings. The van der Waals surface area contributed by atoms with Crippen molar-refractivity contribution in [3.63, 3.8) is 0 Å². The number of ether oxygens (including phenoxy) is 2. The van der Waals surface area contributed by atoms with E-state index in [4.69, 9.17) is 9.47 Å². The predicted octanol–water partition coefficient (Wildman–Crippen LogP) is 3.15. The molecule has 7 N–H and O–H groups in total. The largest absolute Gasteiger partial charge is 0.481 e. The lowest BCUT2D eigenvalue weighted by molar-refractivity contribution is -0.342. The minimum absolute atomic E-state index is 0.0168. The smallest absolute Gasteiger partial charge is 0.310 e. The SMILES string of the molecule is C[C@]1(CO)CC[C@]2(C(=O)O)CC[C@]34CCC[C@]5(CC=C3[C@@H]2C1)[C@@]4(C)CC[C@@H]1[C@](C)(CO)[C@H](O[C@@H]2OC[C@@H](O)[C@H](O)[C@H]2O)[C@H](O)C[C@@]15C. The molecule has 266 valence electrons. The summed E-state index contributed by atoms with van der Waals surface area (Å²) in [5, 5.41) is 75.4. The molecule has 0 amide bonds. The van der Waals surface area contributed by atoms with Crippen molar-refractivity contribution in [3.05, 3.63) is 11.6 Å². The number of hydrogen-bond acceptors (Lipinski definition) is 9. The molecule has 10 nitrogen and oxygen atoms in total. The summed E-state index contributed by atoms with van der Waals surface area (Å²) in [5.74, 6) is -0.816. The van der Waals surface area contributed by atoms with Crippen LogP contribution in [0.25, 0.3) is 0 Å². The Kier molecular flexibility index (Phi) is 8.00. The second-order valence-electron chi connectivity index (χ2n) is 18.2. The third-order valence-electron chi connectivity index (χ3n) is 16.6. The molecule has 0 radical (unpaired) electrons. The monoisotopic (exact) mass is 662 g/mol. The zero-order chi connectivity index (χ0) is 34.0. The molecule has 47 heavy (non-hydrogen) atoms. The van der Waals surface area contributed by atoms with Crippen LogP contribution < -0.4 is 0 Å². The average Bonchev–Trinajstić information content (AvgIpc) is 3.02. The van der Waals surface area contributed by atoms with Crippen molar-refractivity contribution in [2.45, 2.75) is 142 Å². The van der Waals surface area contributed by atoms with Gasteiger partial charge in [-0.1, -0.05) is 45.8 Å². The predicted molar refractivity (Wildman–Crippen MR) is 171 cm³/mol. The molecular formula is C37H58O10. The fourth-order valence-electron chi connectivity index (χ4n) is 13.9. The van der Waals surface area contributed by atoms with Crippen LogP contribution in [0.1, 0.15) is 105 Å². The molecule has 1 heterocycles. The topological polar surface area (TPSA) is 177 Å². The number of aliphatic hydroxyl groups excluding tert-OH is 6. The highest BCUT2D eigenvalue weighted by Crippen LogP contribution is 2.83. The lowest BCUT2D eigenvalue weighted by Crippen LogP contribution is -2.74. The second-order valence-corrected chi connectivity index (χ2v) is 18.2. The number of carboxylic acids is 1. The lowest BCUT2D eigenvalue weighted by Gasteiger charge is -2.79. The first kappa shape index (κ1) is 34.3. The Morgan fingerprint density at radius 3 is 2.30 bits per heavy atom. The highest BCUT2D eigenvalue weighted by Gasteiger charge is 2.78. The molecule has 0 aromatic carbocycles. The van der Waals surface area contributed by atoms with Gasteiger partial charge in [0.25, 0.3) is 0 Å². The van der Waals surface area contributed by atoms with Gasteiger partial charge in [0, 0.05) is 12.0 Å². The van der Waals surface area contributed by atoms with Crippen molar-refractivity contribution in [2.75, 3.05) is 19.8 Å². The van der Waals surface area contributed by atoms with Gasteiger partial charge in [-0.15, -0.1) is 0 Å². The number of rotatable bonds is 5. The van der Waals surface area contributed by atoms with Crippen LogP contribution in [-0.4, -0.2) is 98.3 Å². The number of aliphatic hydroxyl groups is 6. The van der Waals surface area contributed by atoms with Crippen molar-refractivity contribution in [3.8, 4) is 0 Å². The van der Waals surface area contributed by atoms with Gasteiger partial charge in [-0.3, -0.25) is 4.79 Å². The Labute approximate surface area is 278 Å². The van der Waals surface area contributed by atoms with Gasteiger partial charge in [-0.25, -0.2) is 0 Å². The van der Waals surface area contributed by atoms with Crippen LogP contribution in [0.15, 0.2) is 11.6 Å². The summed E-state index contributed by atoms with van der Waals surface area (Å²) in [4.78, 5) is 13.1. The lowest BCUT2D eigenvalue weighted by atomic mass is 9.25. The van der Waals surface area contributed by atoms with Gasteiger partial charge in [-0.2, -0.15) is 0 Å². The molecular weight excluding hydrogens is 604 g/mol. The Bertz CT molecular complexity index is 1310. The molecule has 0 aromatic heterocycles. The van der Waals surface area contributed by atoms with Crippen LogP contribution in [0, 0.1) is 49.7 Å². The van der Waals surface area contributed by atoms with Gasteiger partial charge in [0.2, 0.25) is 0 Å². The summed E-state index contributed by atoms with van der Waals surface area (Å²) in [6.45, 7) is 8.50. The van der Waals surface area contributed by atoms with Gasteiger partial charge in [0.1, 0.15) is 18.3 Å². The van der Waals surface area contributed by atoms with E-state index in [1.807, 2.05) is 6.92 Å². The quantitative estimate of drug-likeness (QED) is 0.171. The summed E-state index contributed by atoms with van der Waals surface area (Å²) in [6.07, 6.45) is 4.69. The first-order valence-corrected chi connectivity index (χ1v) is 18.2. The van der Waals surface area contributed by atoms with E-state index in [-0.39, 0.29) is 58.7 Å².